The summed E-state index contributed by atoms with van der Waals surface area (Å²) in [6.07, 6.45) is 2.54. The third kappa shape index (κ3) is 2.17. The van der Waals surface area contributed by atoms with Gasteiger partial charge in [-0.1, -0.05) is 13.8 Å². The fourth-order valence-corrected chi connectivity index (χ4v) is 2.09. The molecule has 1 fully saturated rings. The molecule has 1 rings (SSSR count). The van der Waals surface area contributed by atoms with E-state index in [0.29, 0.717) is 5.41 Å². The van der Waals surface area contributed by atoms with Crippen molar-refractivity contribution < 1.29 is 0 Å². The second-order valence-corrected chi connectivity index (χ2v) is 4.23. The number of nitrogens with two attached hydrogens (primary N) is 1. The van der Waals surface area contributed by atoms with Crippen molar-refractivity contribution in [1.29, 1.82) is 0 Å². The number of hydrogen-bond donors (Lipinski definition) is 2. The molecule has 0 aromatic carbocycles. The van der Waals surface area contributed by atoms with Crippen molar-refractivity contribution in [3.8, 4) is 0 Å². The smallest absolute Gasteiger partial charge is 0.00205 e. The van der Waals surface area contributed by atoms with Gasteiger partial charge in [-0.25, -0.2) is 0 Å². The summed E-state index contributed by atoms with van der Waals surface area (Å²) < 4.78 is 0. The summed E-state index contributed by atoms with van der Waals surface area (Å²) in [6.45, 7) is 7.68. The van der Waals surface area contributed by atoms with Gasteiger partial charge in [-0.2, -0.15) is 0 Å². The fourth-order valence-electron chi connectivity index (χ4n) is 2.09. The van der Waals surface area contributed by atoms with Crippen LogP contribution in [-0.2, 0) is 0 Å². The standard InChI is InChI=1S/C9H20N2/c1-8(2)5-9(6-10)3-4-11-7-9/h8,11H,3-7,10H2,1-2H3. The second-order valence-electron chi connectivity index (χ2n) is 4.23. The molecule has 1 atom stereocenters. The molecule has 1 heterocycles. The van der Waals surface area contributed by atoms with Crippen LogP contribution in [0.1, 0.15) is 26.7 Å². The van der Waals surface area contributed by atoms with Crippen molar-refractivity contribution in [2.24, 2.45) is 17.1 Å². The van der Waals surface area contributed by atoms with E-state index in [4.69, 9.17) is 5.73 Å². The minimum absolute atomic E-state index is 0.425. The molecule has 1 saturated heterocycles. The van der Waals surface area contributed by atoms with Gasteiger partial charge in [0.2, 0.25) is 0 Å². The van der Waals surface area contributed by atoms with E-state index in [-0.39, 0.29) is 0 Å². The topological polar surface area (TPSA) is 38.0 Å². The second kappa shape index (κ2) is 3.55. The highest BCUT2D eigenvalue weighted by molar-refractivity contribution is 4.89. The molecule has 2 heteroatoms. The van der Waals surface area contributed by atoms with Crippen LogP contribution in [0.25, 0.3) is 0 Å². The Hall–Kier alpha value is -0.0800. The van der Waals surface area contributed by atoms with Crippen LogP contribution in [0.5, 0.6) is 0 Å². The summed E-state index contributed by atoms with van der Waals surface area (Å²) in [5, 5.41) is 3.39. The molecule has 66 valence electrons. The van der Waals surface area contributed by atoms with Crippen LogP contribution < -0.4 is 11.1 Å². The Morgan fingerprint density at radius 2 is 2.27 bits per heavy atom. The van der Waals surface area contributed by atoms with Crippen LogP contribution in [0.4, 0.5) is 0 Å². The molecule has 1 aliphatic rings. The molecule has 0 radical (unpaired) electrons. The van der Waals surface area contributed by atoms with Crippen molar-refractivity contribution in [3.63, 3.8) is 0 Å². The van der Waals surface area contributed by atoms with E-state index in [1.165, 1.54) is 12.8 Å². The zero-order chi connectivity index (χ0) is 8.32. The van der Waals surface area contributed by atoms with Gasteiger partial charge < -0.3 is 11.1 Å². The van der Waals surface area contributed by atoms with Crippen LogP contribution in [0, 0.1) is 11.3 Å². The van der Waals surface area contributed by atoms with Crippen LogP contribution in [0.2, 0.25) is 0 Å². The molecule has 0 aromatic rings. The van der Waals surface area contributed by atoms with Crippen molar-refractivity contribution in [1.82, 2.24) is 5.32 Å². The number of hydrogen-bond acceptors (Lipinski definition) is 2. The first-order chi connectivity index (χ1) is 5.18. The van der Waals surface area contributed by atoms with Crippen LogP contribution in [-0.4, -0.2) is 19.6 Å². The lowest BCUT2D eigenvalue weighted by atomic mass is 9.79. The quantitative estimate of drug-likeness (QED) is 0.639. The molecule has 0 amide bonds. The van der Waals surface area contributed by atoms with E-state index >= 15 is 0 Å². The number of rotatable bonds is 3. The van der Waals surface area contributed by atoms with E-state index in [9.17, 15) is 0 Å². The predicted octanol–water partition coefficient (Wildman–Crippen LogP) is 0.971. The van der Waals surface area contributed by atoms with Crippen molar-refractivity contribution in [2.75, 3.05) is 19.6 Å². The molecule has 11 heavy (non-hydrogen) atoms. The molecule has 0 aromatic heterocycles. The SMILES string of the molecule is CC(C)CC1(CN)CCNC1. The molecule has 0 aliphatic carbocycles. The van der Waals surface area contributed by atoms with Gasteiger partial charge in [0.25, 0.3) is 0 Å². The predicted molar refractivity (Wildman–Crippen MR) is 48.4 cm³/mol. The zero-order valence-electron chi connectivity index (χ0n) is 7.69. The number of nitrogens with one attached hydrogen (secondary N) is 1. The first kappa shape index (κ1) is 9.01. The third-order valence-corrected chi connectivity index (χ3v) is 2.61. The minimum atomic E-state index is 0.425. The Bertz CT molecular complexity index is 115. The first-order valence-corrected chi connectivity index (χ1v) is 4.59. The summed E-state index contributed by atoms with van der Waals surface area (Å²) in [5.41, 5.74) is 6.20. The lowest BCUT2D eigenvalue weighted by Gasteiger charge is -2.28. The fraction of sp³-hybridized carbons (Fsp3) is 1.00. The van der Waals surface area contributed by atoms with Gasteiger partial charge in [-0.15, -0.1) is 0 Å². The van der Waals surface area contributed by atoms with E-state index in [1.807, 2.05) is 0 Å². The monoisotopic (exact) mass is 156 g/mol. The van der Waals surface area contributed by atoms with Crippen LogP contribution >= 0.6 is 0 Å². The molecule has 1 aliphatic heterocycles. The Balaban J connectivity index is 2.45. The zero-order valence-corrected chi connectivity index (χ0v) is 7.69. The van der Waals surface area contributed by atoms with Crippen molar-refractivity contribution in [3.05, 3.63) is 0 Å². The van der Waals surface area contributed by atoms with Crippen LogP contribution in [0.3, 0.4) is 0 Å². The average Bonchev–Trinajstić information content (AvgIpc) is 2.36. The molecule has 0 bridgehead atoms. The van der Waals surface area contributed by atoms with Gasteiger partial charge in [-0.3, -0.25) is 0 Å². The van der Waals surface area contributed by atoms with Gasteiger partial charge in [0.05, 0.1) is 0 Å². The Kier molecular flexibility index (Phi) is 2.90. The maximum Gasteiger partial charge on any atom is 0.00205 e. The van der Waals surface area contributed by atoms with Crippen molar-refractivity contribution in [2.45, 2.75) is 26.7 Å². The molecule has 0 saturated carbocycles. The Morgan fingerprint density at radius 1 is 1.55 bits per heavy atom. The highest BCUT2D eigenvalue weighted by Gasteiger charge is 2.32. The van der Waals surface area contributed by atoms with E-state index < -0.39 is 0 Å². The largest absolute Gasteiger partial charge is 0.330 e. The molecule has 0 spiro atoms. The van der Waals surface area contributed by atoms with Gasteiger partial charge in [0.15, 0.2) is 0 Å². The summed E-state index contributed by atoms with van der Waals surface area (Å²) >= 11 is 0. The van der Waals surface area contributed by atoms with E-state index in [1.54, 1.807) is 0 Å². The molecule has 1 unspecified atom stereocenters. The van der Waals surface area contributed by atoms with Gasteiger partial charge in [0, 0.05) is 6.54 Å². The van der Waals surface area contributed by atoms with Crippen LogP contribution in [0.15, 0.2) is 0 Å². The maximum atomic E-state index is 5.78. The van der Waals surface area contributed by atoms with Crippen molar-refractivity contribution >= 4 is 0 Å². The highest BCUT2D eigenvalue weighted by Crippen LogP contribution is 2.31. The molecular formula is C9H20N2. The third-order valence-electron chi connectivity index (χ3n) is 2.61. The Morgan fingerprint density at radius 3 is 2.64 bits per heavy atom. The van der Waals surface area contributed by atoms with E-state index in [0.717, 1.165) is 25.6 Å². The summed E-state index contributed by atoms with van der Waals surface area (Å²) in [6, 6.07) is 0. The summed E-state index contributed by atoms with van der Waals surface area (Å²) in [7, 11) is 0. The van der Waals surface area contributed by atoms with Gasteiger partial charge in [-0.05, 0) is 37.3 Å². The highest BCUT2D eigenvalue weighted by atomic mass is 14.9. The van der Waals surface area contributed by atoms with Gasteiger partial charge in [0.1, 0.15) is 0 Å². The van der Waals surface area contributed by atoms with E-state index in [2.05, 4.69) is 19.2 Å². The molecule has 3 N–H and O–H groups in total. The lowest BCUT2D eigenvalue weighted by Crippen LogP contribution is -2.34. The summed E-state index contributed by atoms with van der Waals surface area (Å²) in [5.74, 6) is 0.776. The lowest BCUT2D eigenvalue weighted by molar-refractivity contribution is 0.265. The maximum absolute atomic E-state index is 5.78. The Labute approximate surface area is 69.5 Å². The first-order valence-electron chi connectivity index (χ1n) is 4.59. The minimum Gasteiger partial charge on any atom is -0.330 e. The molecule has 2 nitrogen and oxygen atoms in total. The summed E-state index contributed by atoms with van der Waals surface area (Å²) in [4.78, 5) is 0. The molecular weight excluding hydrogens is 136 g/mol. The normalized spacial score (nSPS) is 31.6. The average molecular weight is 156 g/mol. The van der Waals surface area contributed by atoms with Gasteiger partial charge >= 0.3 is 0 Å².